The summed E-state index contributed by atoms with van der Waals surface area (Å²) in [5.41, 5.74) is -0.826. The van der Waals surface area contributed by atoms with Crippen LogP contribution in [-0.4, -0.2) is 54.9 Å². The zero-order valence-electron chi connectivity index (χ0n) is 11.7. The third-order valence-electron chi connectivity index (χ3n) is 3.67. The van der Waals surface area contributed by atoms with Gasteiger partial charge in [-0.3, -0.25) is 0 Å². The Morgan fingerprint density at radius 2 is 1.72 bits per heavy atom. The Bertz CT molecular complexity index is 350. The zero-order valence-corrected chi connectivity index (χ0v) is 12.5. The molecule has 0 bridgehead atoms. The molecule has 1 saturated carbocycles. The number of aliphatic hydroxyl groups is 1. The summed E-state index contributed by atoms with van der Waals surface area (Å²) < 4.78 is 27.1. The first-order valence-electron chi connectivity index (χ1n) is 6.72. The highest BCUT2D eigenvalue weighted by atomic mass is 32.2. The third kappa shape index (κ3) is 3.91. The Labute approximate surface area is 111 Å². The van der Waals surface area contributed by atoms with Crippen LogP contribution in [0.4, 0.5) is 0 Å². The Balaban J connectivity index is 2.61. The highest BCUT2D eigenvalue weighted by Gasteiger charge is 2.36. The minimum atomic E-state index is -3.43. The maximum Gasteiger partial charge on any atom is 0.281 e. The van der Waals surface area contributed by atoms with E-state index in [1.165, 1.54) is 8.61 Å². The first-order chi connectivity index (χ1) is 8.32. The lowest BCUT2D eigenvalue weighted by Crippen LogP contribution is -2.47. The fraction of sp³-hybridized carbons (Fsp3) is 1.00. The van der Waals surface area contributed by atoms with Gasteiger partial charge in [0.1, 0.15) is 0 Å². The minimum Gasteiger partial charge on any atom is -0.389 e. The molecule has 0 unspecified atom stereocenters. The van der Waals surface area contributed by atoms with E-state index < -0.39 is 15.8 Å². The largest absolute Gasteiger partial charge is 0.389 e. The van der Waals surface area contributed by atoms with Crippen molar-refractivity contribution in [3.8, 4) is 0 Å². The van der Waals surface area contributed by atoms with E-state index in [4.69, 9.17) is 0 Å². The van der Waals surface area contributed by atoms with Gasteiger partial charge in [-0.1, -0.05) is 26.2 Å². The van der Waals surface area contributed by atoms with Crippen LogP contribution in [0.1, 0.15) is 45.4 Å². The second kappa shape index (κ2) is 6.32. The Hall–Kier alpha value is -0.170. The van der Waals surface area contributed by atoms with Gasteiger partial charge in [0, 0.05) is 27.2 Å². The van der Waals surface area contributed by atoms with Crippen LogP contribution in [0.2, 0.25) is 0 Å². The van der Waals surface area contributed by atoms with Gasteiger partial charge >= 0.3 is 0 Å². The summed E-state index contributed by atoms with van der Waals surface area (Å²) in [4.78, 5) is 0. The van der Waals surface area contributed by atoms with Gasteiger partial charge in [-0.2, -0.15) is 17.0 Å². The Morgan fingerprint density at radius 1 is 1.17 bits per heavy atom. The average molecular weight is 278 g/mol. The fourth-order valence-electron chi connectivity index (χ4n) is 2.42. The molecule has 1 aliphatic carbocycles. The molecule has 0 amide bonds. The van der Waals surface area contributed by atoms with Gasteiger partial charge in [0.05, 0.1) is 5.60 Å². The molecule has 0 aromatic rings. The van der Waals surface area contributed by atoms with Crippen LogP contribution >= 0.6 is 0 Å². The number of hydrogen-bond donors (Lipinski definition) is 1. The van der Waals surface area contributed by atoms with Gasteiger partial charge in [0.2, 0.25) is 0 Å². The second-order valence-electron chi connectivity index (χ2n) is 5.37. The monoisotopic (exact) mass is 278 g/mol. The lowest BCUT2D eigenvalue weighted by Gasteiger charge is -2.30. The summed E-state index contributed by atoms with van der Waals surface area (Å²) in [6, 6.07) is 0. The summed E-state index contributed by atoms with van der Waals surface area (Å²) in [7, 11) is -0.283. The molecule has 1 aliphatic rings. The number of unbranched alkanes of at least 4 members (excludes halogenated alkanes) is 1. The van der Waals surface area contributed by atoms with Gasteiger partial charge in [-0.25, -0.2) is 0 Å². The SMILES string of the molecule is CCCCN(C)S(=O)(=O)N(C)CC1(O)CCCC1. The molecule has 0 heterocycles. The van der Waals surface area contributed by atoms with Gasteiger partial charge in [0.25, 0.3) is 10.2 Å². The van der Waals surface area contributed by atoms with E-state index in [-0.39, 0.29) is 6.54 Å². The first kappa shape index (κ1) is 15.9. The fourth-order valence-corrected chi connectivity index (χ4v) is 3.66. The maximum absolute atomic E-state index is 12.2. The van der Waals surface area contributed by atoms with Gasteiger partial charge in [-0.05, 0) is 19.3 Å². The predicted octanol–water partition coefficient (Wildman–Crippen LogP) is 1.20. The molecule has 6 heteroatoms. The second-order valence-corrected chi connectivity index (χ2v) is 7.51. The lowest BCUT2D eigenvalue weighted by atomic mass is 10.0. The smallest absolute Gasteiger partial charge is 0.281 e. The van der Waals surface area contributed by atoms with Crippen LogP contribution in [-0.2, 0) is 10.2 Å². The van der Waals surface area contributed by atoms with Crippen molar-refractivity contribution in [2.45, 2.75) is 51.0 Å². The molecule has 0 spiro atoms. The number of nitrogens with zero attached hydrogens (tertiary/aromatic N) is 2. The predicted molar refractivity (Wildman–Crippen MR) is 72.5 cm³/mol. The summed E-state index contributed by atoms with van der Waals surface area (Å²) in [5.74, 6) is 0. The minimum absolute atomic E-state index is 0.200. The van der Waals surface area contributed by atoms with Crippen molar-refractivity contribution < 1.29 is 13.5 Å². The average Bonchev–Trinajstić information content (AvgIpc) is 2.72. The van der Waals surface area contributed by atoms with E-state index in [1.54, 1.807) is 14.1 Å². The molecule has 108 valence electrons. The van der Waals surface area contributed by atoms with Crippen LogP contribution in [0.5, 0.6) is 0 Å². The highest BCUT2D eigenvalue weighted by molar-refractivity contribution is 7.86. The Kier molecular flexibility index (Phi) is 5.58. The molecule has 1 rings (SSSR count). The maximum atomic E-state index is 12.2. The molecule has 0 saturated heterocycles. The number of rotatable bonds is 7. The van der Waals surface area contributed by atoms with Crippen molar-refractivity contribution in [2.75, 3.05) is 27.2 Å². The van der Waals surface area contributed by atoms with Crippen molar-refractivity contribution in [1.82, 2.24) is 8.61 Å². The van der Waals surface area contributed by atoms with Crippen LogP contribution < -0.4 is 0 Å². The molecular weight excluding hydrogens is 252 g/mol. The van der Waals surface area contributed by atoms with E-state index >= 15 is 0 Å². The summed E-state index contributed by atoms with van der Waals surface area (Å²) >= 11 is 0. The third-order valence-corrected chi connectivity index (χ3v) is 5.55. The highest BCUT2D eigenvalue weighted by Crippen LogP contribution is 2.30. The molecule has 0 aliphatic heterocycles. The summed E-state index contributed by atoms with van der Waals surface area (Å²) in [5, 5.41) is 10.3. The normalized spacial score (nSPS) is 19.9. The van der Waals surface area contributed by atoms with Crippen LogP contribution in [0.15, 0.2) is 0 Å². The topological polar surface area (TPSA) is 60.9 Å². The van der Waals surface area contributed by atoms with Gasteiger partial charge in [-0.15, -0.1) is 0 Å². The molecule has 0 aromatic heterocycles. The molecule has 0 atom stereocenters. The van der Waals surface area contributed by atoms with E-state index in [2.05, 4.69) is 0 Å². The first-order valence-corrected chi connectivity index (χ1v) is 8.11. The van der Waals surface area contributed by atoms with Crippen LogP contribution in [0.3, 0.4) is 0 Å². The van der Waals surface area contributed by atoms with Crippen molar-refractivity contribution in [2.24, 2.45) is 0 Å². The number of likely N-dealkylation sites (N-methyl/N-ethyl adjacent to an activating group) is 1. The molecule has 1 N–H and O–H groups in total. The van der Waals surface area contributed by atoms with E-state index in [0.717, 1.165) is 25.7 Å². The van der Waals surface area contributed by atoms with E-state index in [0.29, 0.717) is 19.4 Å². The quantitative estimate of drug-likeness (QED) is 0.761. The lowest BCUT2D eigenvalue weighted by molar-refractivity contribution is 0.0323. The molecule has 1 fully saturated rings. The molecule has 0 aromatic carbocycles. The van der Waals surface area contributed by atoms with Crippen LogP contribution in [0, 0.1) is 0 Å². The molecule has 0 radical (unpaired) electrons. The molecule has 5 nitrogen and oxygen atoms in total. The van der Waals surface area contributed by atoms with Crippen molar-refractivity contribution in [3.63, 3.8) is 0 Å². The van der Waals surface area contributed by atoms with E-state index in [9.17, 15) is 13.5 Å². The molecular formula is C12H26N2O3S. The van der Waals surface area contributed by atoms with Crippen LogP contribution in [0.25, 0.3) is 0 Å². The van der Waals surface area contributed by atoms with Crippen molar-refractivity contribution in [1.29, 1.82) is 0 Å². The number of hydrogen-bond acceptors (Lipinski definition) is 3. The Morgan fingerprint density at radius 3 is 2.22 bits per heavy atom. The summed E-state index contributed by atoms with van der Waals surface area (Å²) in [6.45, 7) is 2.76. The van der Waals surface area contributed by atoms with Crippen molar-refractivity contribution in [3.05, 3.63) is 0 Å². The standard InChI is InChI=1S/C12H26N2O3S/c1-4-5-10-13(2)18(16,17)14(3)11-12(15)8-6-7-9-12/h15H,4-11H2,1-3H3. The van der Waals surface area contributed by atoms with E-state index in [1.807, 2.05) is 6.92 Å². The zero-order chi connectivity index (χ0) is 13.8. The molecule has 18 heavy (non-hydrogen) atoms. The summed E-state index contributed by atoms with van der Waals surface area (Å²) in [6.07, 6.45) is 5.19. The van der Waals surface area contributed by atoms with Crippen molar-refractivity contribution >= 4 is 10.2 Å². The van der Waals surface area contributed by atoms with Gasteiger partial charge < -0.3 is 5.11 Å². The van der Waals surface area contributed by atoms with Gasteiger partial charge in [0.15, 0.2) is 0 Å².